The first-order chi connectivity index (χ1) is 25.8. The zero-order valence-electron chi connectivity index (χ0n) is 28.1. The van der Waals surface area contributed by atoms with Gasteiger partial charge in [0.25, 0.3) is 0 Å². The minimum absolute atomic E-state index is 0.906. The molecule has 10 aromatic rings. The topological polar surface area (TPSA) is 34.0 Å². The van der Waals surface area contributed by atoms with E-state index in [1.54, 1.807) is 0 Å². The molecule has 1 aliphatic heterocycles. The van der Waals surface area contributed by atoms with Crippen LogP contribution in [0.5, 0.6) is 0 Å². The molecule has 0 saturated carbocycles. The summed E-state index contributed by atoms with van der Waals surface area (Å²) >= 11 is 0. The number of hydrogen-bond donors (Lipinski definition) is 0. The molecule has 11 rings (SSSR count). The Labute approximate surface area is 300 Å². The molecule has 0 radical (unpaired) electrons. The summed E-state index contributed by atoms with van der Waals surface area (Å²) in [6, 6.07) is 61.2. The van der Waals surface area contributed by atoms with Gasteiger partial charge in [0.1, 0.15) is 0 Å². The van der Waals surface area contributed by atoms with Gasteiger partial charge in [0.2, 0.25) is 0 Å². The molecule has 3 aromatic heterocycles. The highest BCUT2D eigenvalue weighted by molar-refractivity contribution is 6.26. The summed E-state index contributed by atoms with van der Waals surface area (Å²) in [6.45, 7) is 0. The number of para-hydroxylation sites is 3. The Morgan fingerprint density at radius 2 is 1.02 bits per heavy atom. The fraction of sp³-hybridized carbons (Fsp3) is 0. The van der Waals surface area contributed by atoms with Gasteiger partial charge in [-0.3, -0.25) is 9.97 Å². The summed E-state index contributed by atoms with van der Waals surface area (Å²) in [5.41, 5.74) is 15.6. The van der Waals surface area contributed by atoms with E-state index >= 15 is 0 Å². The SMILES string of the molecule is c1ccc(-c2cccc(N3c4ccccc4-c4c(c5cccnc5c5ncccc45)-c4ccc5c6ccccc6n(-c6ccccc6)c5c43)c2)cc1. The fourth-order valence-corrected chi connectivity index (χ4v) is 8.46. The molecule has 0 spiro atoms. The third kappa shape index (κ3) is 4.09. The summed E-state index contributed by atoms with van der Waals surface area (Å²) in [4.78, 5) is 12.4. The Balaban J connectivity index is 1.39. The lowest BCUT2D eigenvalue weighted by molar-refractivity contribution is 1.17. The highest BCUT2D eigenvalue weighted by Gasteiger charge is 2.33. The molecule has 0 amide bonds. The van der Waals surface area contributed by atoms with Gasteiger partial charge >= 0.3 is 0 Å². The molecule has 4 heteroatoms. The van der Waals surface area contributed by atoms with Crippen LogP contribution in [0.15, 0.2) is 182 Å². The Morgan fingerprint density at radius 1 is 0.404 bits per heavy atom. The molecule has 4 heterocycles. The first-order valence-electron chi connectivity index (χ1n) is 17.7. The molecule has 0 bridgehead atoms. The van der Waals surface area contributed by atoms with Crippen LogP contribution in [0.25, 0.3) is 82.7 Å². The number of rotatable bonds is 3. The number of anilines is 3. The van der Waals surface area contributed by atoms with Gasteiger partial charge < -0.3 is 9.47 Å². The van der Waals surface area contributed by atoms with Crippen molar-refractivity contribution in [1.29, 1.82) is 0 Å². The second-order valence-corrected chi connectivity index (χ2v) is 13.4. The van der Waals surface area contributed by atoms with Crippen molar-refractivity contribution in [2.24, 2.45) is 0 Å². The molecular weight excluding hydrogens is 633 g/mol. The maximum absolute atomic E-state index is 4.98. The smallest absolute Gasteiger partial charge is 0.0971 e. The van der Waals surface area contributed by atoms with Crippen molar-refractivity contribution in [3.05, 3.63) is 182 Å². The van der Waals surface area contributed by atoms with Crippen LogP contribution in [0.4, 0.5) is 17.1 Å². The van der Waals surface area contributed by atoms with Crippen molar-refractivity contribution in [2.75, 3.05) is 4.90 Å². The van der Waals surface area contributed by atoms with E-state index in [1.807, 2.05) is 18.5 Å². The van der Waals surface area contributed by atoms with E-state index in [1.165, 1.54) is 38.5 Å². The maximum atomic E-state index is 4.98. The average Bonchev–Trinajstić information content (AvgIpc) is 3.49. The first kappa shape index (κ1) is 28.8. The largest absolute Gasteiger partial charge is 0.307 e. The average molecular weight is 663 g/mol. The Hall–Kier alpha value is -7.04. The Bertz CT molecular complexity index is 3020. The van der Waals surface area contributed by atoms with Crippen LogP contribution in [-0.4, -0.2) is 14.5 Å². The van der Waals surface area contributed by atoms with Crippen LogP contribution in [0.3, 0.4) is 0 Å². The van der Waals surface area contributed by atoms with Gasteiger partial charge in [0, 0.05) is 67.6 Å². The second kappa shape index (κ2) is 11.2. The number of pyridine rings is 2. The van der Waals surface area contributed by atoms with Crippen molar-refractivity contribution < 1.29 is 0 Å². The summed E-state index contributed by atoms with van der Waals surface area (Å²) in [5.74, 6) is 0. The highest BCUT2D eigenvalue weighted by atomic mass is 15.2. The third-order valence-electron chi connectivity index (χ3n) is 10.6. The van der Waals surface area contributed by atoms with E-state index < -0.39 is 0 Å². The molecule has 52 heavy (non-hydrogen) atoms. The van der Waals surface area contributed by atoms with Gasteiger partial charge in [-0.1, -0.05) is 121 Å². The van der Waals surface area contributed by atoms with Crippen molar-refractivity contribution in [2.45, 2.75) is 0 Å². The van der Waals surface area contributed by atoms with Crippen LogP contribution in [0.1, 0.15) is 0 Å². The lowest BCUT2D eigenvalue weighted by Crippen LogP contribution is -2.13. The number of nitrogens with zero attached hydrogens (tertiary/aromatic N) is 4. The zero-order valence-corrected chi connectivity index (χ0v) is 28.1. The molecule has 0 aliphatic carbocycles. The van der Waals surface area contributed by atoms with Crippen molar-refractivity contribution in [3.63, 3.8) is 0 Å². The van der Waals surface area contributed by atoms with Crippen LogP contribution < -0.4 is 4.90 Å². The lowest BCUT2D eigenvalue weighted by Gasteiger charge is -2.29. The molecule has 0 N–H and O–H groups in total. The van der Waals surface area contributed by atoms with Crippen LogP contribution in [-0.2, 0) is 0 Å². The van der Waals surface area contributed by atoms with Gasteiger partial charge in [-0.15, -0.1) is 0 Å². The minimum Gasteiger partial charge on any atom is -0.307 e. The number of hydrogen-bond acceptors (Lipinski definition) is 3. The maximum Gasteiger partial charge on any atom is 0.0971 e. The minimum atomic E-state index is 0.906. The molecular formula is C48H30N4. The fourth-order valence-electron chi connectivity index (χ4n) is 8.46. The van der Waals surface area contributed by atoms with E-state index in [4.69, 9.17) is 9.97 Å². The van der Waals surface area contributed by atoms with E-state index in [-0.39, 0.29) is 0 Å². The number of benzene rings is 7. The van der Waals surface area contributed by atoms with Crippen molar-refractivity contribution in [3.8, 4) is 39.1 Å². The lowest BCUT2D eigenvalue weighted by atomic mass is 9.87. The predicted octanol–water partition coefficient (Wildman–Crippen LogP) is 12.7. The Morgan fingerprint density at radius 3 is 1.81 bits per heavy atom. The van der Waals surface area contributed by atoms with E-state index in [9.17, 15) is 0 Å². The molecule has 0 saturated heterocycles. The monoisotopic (exact) mass is 662 g/mol. The molecule has 242 valence electrons. The predicted molar refractivity (Wildman–Crippen MR) is 216 cm³/mol. The molecule has 1 aliphatic rings. The molecule has 0 unspecified atom stereocenters. The summed E-state index contributed by atoms with van der Waals surface area (Å²) in [5, 5.41) is 4.59. The Kier molecular flexibility index (Phi) is 6.22. The number of aromatic nitrogens is 3. The summed E-state index contributed by atoms with van der Waals surface area (Å²) < 4.78 is 2.45. The second-order valence-electron chi connectivity index (χ2n) is 13.4. The van der Waals surface area contributed by atoms with Crippen LogP contribution in [0.2, 0.25) is 0 Å². The quantitative estimate of drug-likeness (QED) is 0.177. The van der Waals surface area contributed by atoms with Crippen LogP contribution in [0, 0.1) is 0 Å². The van der Waals surface area contributed by atoms with Gasteiger partial charge in [0.15, 0.2) is 0 Å². The van der Waals surface area contributed by atoms with Gasteiger partial charge in [-0.2, -0.15) is 0 Å². The van der Waals surface area contributed by atoms with Crippen molar-refractivity contribution >= 4 is 60.7 Å². The van der Waals surface area contributed by atoms with E-state index in [0.29, 0.717) is 0 Å². The summed E-state index contributed by atoms with van der Waals surface area (Å²) in [6.07, 6.45) is 3.76. The summed E-state index contributed by atoms with van der Waals surface area (Å²) in [7, 11) is 0. The third-order valence-corrected chi connectivity index (χ3v) is 10.6. The van der Waals surface area contributed by atoms with Crippen molar-refractivity contribution in [1.82, 2.24) is 14.5 Å². The van der Waals surface area contributed by atoms with Gasteiger partial charge in [-0.05, 0) is 59.7 Å². The van der Waals surface area contributed by atoms with E-state index in [2.05, 4.69) is 173 Å². The van der Waals surface area contributed by atoms with Gasteiger partial charge in [0.05, 0.1) is 33.4 Å². The first-order valence-corrected chi connectivity index (χ1v) is 17.7. The van der Waals surface area contributed by atoms with Gasteiger partial charge in [-0.25, -0.2) is 0 Å². The normalized spacial score (nSPS) is 12.2. The molecule has 0 atom stereocenters. The van der Waals surface area contributed by atoms with Crippen LogP contribution >= 0.6 is 0 Å². The highest BCUT2D eigenvalue weighted by Crippen LogP contribution is 2.57. The molecule has 0 fully saturated rings. The number of fused-ring (bicyclic) bond motifs is 14. The van der Waals surface area contributed by atoms with E-state index in [0.717, 1.165) is 61.2 Å². The standard InChI is InChI=1S/C48H30N4/c1-3-14-31(15-4-1)32-16-11-19-34(30-32)52-42-25-10-8-21-37(42)43-38-22-12-28-49-45(38)46-39(23-13-29-50-46)44(43)40-27-26-36-35-20-7-9-24-41(35)51(47(36)48(40)52)33-17-5-2-6-18-33/h1-30H. The molecule has 7 aromatic carbocycles. The molecule has 4 nitrogen and oxygen atoms in total. The zero-order chi connectivity index (χ0) is 34.2.